The van der Waals surface area contributed by atoms with E-state index in [-0.39, 0.29) is 11.6 Å². The van der Waals surface area contributed by atoms with Crippen molar-refractivity contribution in [3.05, 3.63) is 60.2 Å². The fourth-order valence-electron chi connectivity index (χ4n) is 2.45. The van der Waals surface area contributed by atoms with E-state index in [1.54, 1.807) is 24.3 Å². The minimum Gasteiger partial charge on any atom is -0.207 e. The molecular weight excluding hydrogens is 276 g/mol. The molecular formula is C18H20B2F2. The van der Waals surface area contributed by atoms with Gasteiger partial charge in [-0.05, 0) is 24.3 Å². The van der Waals surface area contributed by atoms with Gasteiger partial charge in [0.1, 0.15) is 11.6 Å². The van der Waals surface area contributed by atoms with Crippen LogP contribution >= 0.6 is 0 Å². The highest BCUT2D eigenvalue weighted by Gasteiger charge is 1.99. The van der Waals surface area contributed by atoms with E-state index in [4.69, 9.17) is 0 Å². The van der Waals surface area contributed by atoms with Crippen molar-refractivity contribution in [3.63, 3.8) is 0 Å². The topological polar surface area (TPSA) is 0 Å². The van der Waals surface area contributed by atoms with Crippen LogP contribution in [0.4, 0.5) is 8.78 Å². The molecule has 4 heteroatoms. The molecule has 0 N–H and O–H groups in total. The average Bonchev–Trinajstić information content (AvgIpc) is 2.50. The average molecular weight is 296 g/mol. The second-order valence-corrected chi connectivity index (χ2v) is 5.51. The van der Waals surface area contributed by atoms with Crippen LogP contribution < -0.4 is 10.9 Å². The lowest BCUT2D eigenvalue weighted by molar-refractivity contribution is 0.628. The van der Waals surface area contributed by atoms with Gasteiger partial charge >= 0.3 is 0 Å². The molecule has 2 aromatic rings. The Morgan fingerprint density at radius 3 is 1.50 bits per heavy atom. The van der Waals surface area contributed by atoms with Gasteiger partial charge in [-0.3, -0.25) is 0 Å². The first kappa shape index (κ1) is 16.8. The van der Waals surface area contributed by atoms with E-state index in [1.165, 1.54) is 25.0 Å². The van der Waals surface area contributed by atoms with Crippen molar-refractivity contribution in [2.45, 2.75) is 38.3 Å². The van der Waals surface area contributed by atoms with Crippen molar-refractivity contribution in [1.82, 2.24) is 0 Å². The van der Waals surface area contributed by atoms with E-state index in [0.29, 0.717) is 0 Å². The van der Waals surface area contributed by atoms with Crippen LogP contribution in [0.15, 0.2) is 48.5 Å². The molecule has 0 bridgehead atoms. The molecule has 0 atom stereocenters. The number of benzene rings is 2. The van der Waals surface area contributed by atoms with Gasteiger partial charge in [-0.1, -0.05) is 73.5 Å². The van der Waals surface area contributed by atoms with Gasteiger partial charge in [-0.2, -0.15) is 0 Å². The van der Waals surface area contributed by atoms with Crippen molar-refractivity contribution in [2.75, 3.05) is 0 Å². The van der Waals surface area contributed by atoms with Crippen LogP contribution in [0.3, 0.4) is 0 Å². The lowest BCUT2D eigenvalue weighted by Gasteiger charge is -2.02. The van der Waals surface area contributed by atoms with Crippen molar-refractivity contribution < 1.29 is 8.78 Å². The van der Waals surface area contributed by atoms with Crippen LogP contribution in [0, 0.1) is 11.6 Å². The lowest BCUT2D eigenvalue weighted by atomic mass is 9.65. The molecule has 0 aliphatic carbocycles. The molecule has 0 spiro atoms. The van der Waals surface area contributed by atoms with E-state index in [0.717, 1.165) is 36.4 Å². The molecule has 0 saturated carbocycles. The molecule has 0 aliphatic rings. The van der Waals surface area contributed by atoms with Gasteiger partial charge in [0.25, 0.3) is 0 Å². The Morgan fingerprint density at radius 1 is 0.636 bits per heavy atom. The fourth-order valence-corrected chi connectivity index (χ4v) is 2.45. The zero-order valence-corrected chi connectivity index (χ0v) is 12.8. The van der Waals surface area contributed by atoms with Gasteiger partial charge in [0.15, 0.2) is 14.6 Å². The lowest BCUT2D eigenvalue weighted by Crippen LogP contribution is -2.14. The van der Waals surface area contributed by atoms with Crippen molar-refractivity contribution in [2.24, 2.45) is 0 Å². The monoisotopic (exact) mass is 296 g/mol. The molecule has 0 heterocycles. The molecule has 0 aromatic heterocycles. The Bertz CT molecular complexity index is 521. The second kappa shape index (κ2) is 9.45. The predicted octanol–water partition coefficient (Wildman–Crippen LogP) is 3.72. The van der Waals surface area contributed by atoms with Crippen molar-refractivity contribution in [1.29, 1.82) is 0 Å². The summed E-state index contributed by atoms with van der Waals surface area (Å²) >= 11 is 0. The molecule has 0 nitrogen and oxygen atoms in total. The summed E-state index contributed by atoms with van der Waals surface area (Å²) in [6.07, 6.45) is 6.55. The summed E-state index contributed by atoms with van der Waals surface area (Å²) in [5.74, 6) is -0.358. The normalized spacial score (nSPS) is 10.5. The zero-order valence-electron chi connectivity index (χ0n) is 12.8. The van der Waals surface area contributed by atoms with E-state index in [1.807, 2.05) is 12.1 Å². The summed E-state index contributed by atoms with van der Waals surface area (Å²) in [6, 6.07) is 13.4. The van der Waals surface area contributed by atoms with Crippen LogP contribution in [-0.2, 0) is 0 Å². The van der Waals surface area contributed by atoms with Crippen LogP contribution in [0.1, 0.15) is 25.7 Å². The molecule has 0 fully saturated rings. The van der Waals surface area contributed by atoms with Gasteiger partial charge in [0, 0.05) is 0 Å². The van der Waals surface area contributed by atoms with Crippen LogP contribution in [0.5, 0.6) is 0 Å². The van der Waals surface area contributed by atoms with Crippen LogP contribution in [-0.4, -0.2) is 14.6 Å². The molecule has 2 radical (unpaired) electrons. The number of hydrogen-bond donors (Lipinski definition) is 0. The molecule has 0 unspecified atom stereocenters. The number of rotatable bonds is 9. The van der Waals surface area contributed by atoms with Gasteiger partial charge < -0.3 is 0 Å². The molecule has 112 valence electrons. The van der Waals surface area contributed by atoms with E-state index >= 15 is 0 Å². The minimum atomic E-state index is -0.179. The maximum Gasteiger partial charge on any atom is 0.151 e. The van der Waals surface area contributed by atoms with Gasteiger partial charge in [0.05, 0.1) is 0 Å². The summed E-state index contributed by atoms with van der Waals surface area (Å²) in [6.45, 7) is 0. The van der Waals surface area contributed by atoms with Crippen LogP contribution in [0.25, 0.3) is 0 Å². The molecule has 2 rings (SSSR count). The van der Waals surface area contributed by atoms with E-state index < -0.39 is 0 Å². The van der Waals surface area contributed by atoms with Gasteiger partial charge in [-0.15, -0.1) is 0 Å². The van der Waals surface area contributed by atoms with Gasteiger partial charge in [-0.25, -0.2) is 8.78 Å². The molecule has 0 amide bonds. The van der Waals surface area contributed by atoms with Gasteiger partial charge in [0.2, 0.25) is 0 Å². The summed E-state index contributed by atoms with van der Waals surface area (Å²) < 4.78 is 26.0. The SMILES string of the molecule is Fc1cccc([B]CCCCCC[B]c2cccc(F)c2)c1. The van der Waals surface area contributed by atoms with E-state index in [2.05, 4.69) is 14.6 Å². The third kappa shape index (κ3) is 6.46. The molecule has 0 saturated heterocycles. The highest BCUT2D eigenvalue weighted by molar-refractivity contribution is 6.53. The zero-order chi connectivity index (χ0) is 15.6. The van der Waals surface area contributed by atoms with Crippen molar-refractivity contribution in [3.8, 4) is 0 Å². The Labute approximate surface area is 133 Å². The van der Waals surface area contributed by atoms with Crippen LogP contribution in [0.2, 0.25) is 12.6 Å². The van der Waals surface area contributed by atoms with E-state index in [9.17, 15) is 8.78 Å². The highest BCUT2D eigenvalue weighted by atomic mass is 19.1. The Hall–Kier alpha value is -1.57. The Kier molecular flexibility index (Phi) is 7.21. The standard InChI is InChI=1S/C18H20B2F2/c21-17-9-5-7-15(13-17)19-11-3-1-2-4-12-20-16-8-6-10-18(22)14-16/h5-10,13-14H,1-4,11-12H2. The highest BCUT2D eigenvalue weighted by Crippen LogP contribution is 2.06. The first-order valence-corrected chi connectivity index (χ1v) is 7.91. The number of unbranched alkanes of at least 4 members (excludes halogenated alkanes) is 3. The maximum atomic E-state index is 13.0. The minimum absolute atomic E-state index is 0.179. The predicted molar refractivity (Wildman–Crippen MR) is 91.7 cm³/mol. The fraction of sp³-hybridized carbons (Fsp3) is 0.333. The summed E-state index contributed by atoms with van der Waals surface area (Å²) in [5.41, 5.74) is 1.92. The quantitative estimate of drug-likeness (QED) is 0.488. The number of hydrogen-bond acceptors (Lipinski definition) is 0. The third-order valence-corrected chi connectivity index (χ3v) is 3.62. The third-order valence-electron chi connectivity index (χ3n) is 3.62. The largest absolute Gasteiger partial charge is 0.207 e. The molecule has 0 aliphatic heterocycles. The number of halogens is 2. The molecule has 2 aromatic carbocycles. The molecule has 22 heavy (non-hydrogen) atoms. The Morgan fingerprint density at radius 2 is 1.09 bits per heavy atom. The first-order valence-electron chi connectivity index (χ1n) is 7.91. The Balaban J connectivity index is 1.49. The summed E-state index contributed by atoms with van der Waals surface area (Å²) in [5, 5.41) is 0. The second-order valence-electron chi connectivity index (χ2n) is 5.51. The summed E-state index contributed by atoms with van der Waals surface area (Å²) in [4.78, 5) is 0. The van der Waals surface area contributed by atoms with Crippen molar-refractivity contribution >= 4 is 25.5 Å². The first-order chi connectivity index (χ1) is 10.7. The smallest absolute Gasteiger partial charge is 0.151 e. The summed E-state index contributed by atoms with van der Waals surface area (Å²) in [7, 11) is 4.17. The maximum absolute atomic E-state index is 13.0.